The van der Waals surface area contributed by atoms with Gasteiger partial charge >= 0.3 is 0 Å². The maximum Gasteiger partial charge on any atom is 0.224 e. The van der Waals surface area contributed by atoms with E-state index in [0.717, 1.165) is 24.1 Å². The number of hydrogen-bond acceptors (Lipinski definition) is 2. The van der Waals surface area contributed by atoms with Gasteiger partial charge in [-0.2, -0.15) is 0 Å². The lowest BCUT2D eigenvalue weighted by Crippen LogP contribution is -2.10. The average Bonchev–Trinajstić information content (AvgIpc) is 2.67. The molecule has 1 heterocycles. The molecule has 1 amide bonds. The molecule has 0 spiro atoms. The van der Waals surface area contributed by atoms with Crippen LogP contribution in [0.2, 0.25) is 0 Å². The Bertz CT molecular complexity index is 724. The number of hydrogen-bond donors (Lipinski definition) is 1. The molecule has 3 nitrogen and oxygen atoms in total. The number of ketones is 1. The summed E-state index contributed by atoms with van der Waals surface area (Å²) in [6, 6.07) is 11.0. The van der Waals surface area contributed by atoms with E-state index in [-0.39, 0.29) is 17.3 Å². The van der Waals surface area contributed by atoms with Crippen molar-refractivity contribution in [3.8, 4) is 0 Å². The number of rotatable bonds is 2. The lowest BCUT2D eigenvalue weighted by atomic mass is 9.98. The molecular formula is C17H14FNO2. The van der Waals surface area contributed by atoms with Crippen LogP contribution in [0.25, 0.3) is 0 Å². The number of nitrogens with one attached hydrogen (secondary N) is 1. The van der Waals surface area contributed by atoms with E-state index in [0.29, 0.717) is 12.0 Å². The van der Waals surface area contributed by atoms with Crippen molar-refractivity contribution in [3.05, 3.63) is 65.0 Å². The molecule has 4 heteroatoms. The van der Waals surface area contributed by atoms with Gasteiger partial charge in [0, 0.05) is 17.7 Å². The molecule has 21 heavy (non-hydrogen) atoms. The minimum atomic E-state index is -0.522. The molecule has 0 aromatic heterocycles. The molecule has 0 saturated heterocycles. The number of aryl methyl sites for hydroxylation is 1. The first kappa shape index (κ1) is 13.5. The molecule has 0 unspecified atom stereocenters. The van der Waals surface area contributed by atoms with Crippen molar-refractivity contribution in [3.63, 3.8) is 0 Å². The van der Waals surface area contributed by atoms with Crippen LogP contribution in [0.15, 0.2) is 42.5 Å². The summed E-state index contributed by atoms with van der Waals surface area (Å²) in [5, 5.41) is 2.82. The summed E-state index contributed by atoms with van der Waals surface area (Å²) in [4.78, 5) is 23.9. The maximum atomic E-state index is 13.7. The molecular weight excluding hydrogens is 269 g/mol. The Morgan fingerprint density at radius 1 is 1.10 bits per heavy atom. The third kappa shape index (κ3) is 2.70. The second-order valence-corrected chi connectivity index (χ2v) is 5.08. The molecule has 1 aliphatic heterocycles. The zero-order chi connectivity index (χ0) is 14.8. The number of anilines is 1. The molecule has 2 aromatic rings. The van der Waals surface area contributed by atoms with Crippen molar-refractivity contribution in [1.82, 2.24) is 0 Å². The summed E-state index contributed by atoms with van der Waals surface area (Å²) in [6.45, 7) is 0. The van der Waals surface area contributed by atoms with Gasteiger partial charge in [0.25, 0.3) is 0 Å². The molecule has 1 N–H and O–H groups in total. The van der Waals surface area contributed by atoms with E-state index in [4.69, 9.17) is 0 Å². The van der Waals surface area contributed by atoms with Gasteiger partial charge in [-0.25, -0.2) is 4.39 Å². The minimum Gasteiger partial charge on any atom is -0.326 e. The molecule has 0 bridgehead atoms. The van der Waals surface area contributed by atoms with Gasteiger partial charge < -0.3 is 5.32 Å². The predicted octanol–water partition coefficient (Wildman–Crippen LogP) is 3.33. The van der Waals surface area contributed by atoms with E-state index < -0.39 is 5.82 Å². The summed E-state index contributed by atoms with van der Waals surface area (Å²) in [5.74, 6) is -0.876. The number of amides is 1. The highest BCUT2D eigenvalue weighted by molar-refractivity contribution is 6.09. The smallest absolute Gasteiger partial charge is 0.224 e. The molecule has 106 valence electrons. The van der Waals surface area contributed by atoms with E-state index in [1.807, 2.05) is 0 Å². The van der Waals surface area contributed by atoms with Gasteiger partial charge in [-0.3, -0.25) is 9.59 Å². The van der Waals surface area contributed by atoms with Crippen molar-refractivity contribution in [1.29, 1.82) is 0 Å². The summed E-state index contributed by atoms with van der Waals surface area (Å²) in [6.07, 6.45) is 1.95. The second-order valence-electron chi connectivity index (χ2n) is 5.08. The van der Waals surface area contributed by atoms with Gasteiger partial charge in [-0.1, -0.05) is 12.1 Å². The topological polar surface area (TPSA) is 46.2 Å². The number of carbonyl (C=O) groups is 2. The Morgan fingerprint density at radius 2 is 1.90 bits per heavy atom. The van der Waals surface area contributed by atoms with Crippen LogP contribution in [0.1, 0.15) is 34.3 Å². The van der Waals surface area contributed by atoms with Crippen LogP contribution in [0.4, 0.5) is 10.1 Å². The molecule has 0 radical (unpaired) electrons. The van der Waals surface area contributed by atoms with Crippen molar-refractivity contribution < 1.29 is 14.0 Å². The Balaban J connectivity index is 1.97. The first-order valence-electron chi connectivity index (χ1n) is 6.87. The van der Waals surface area contributed by atoms with E-state index in [2.05, 4.69) is 5.32 Å². The second kappa shape index (κ2) is 5.48. The first-order valence-corrected chi connectivity index (χ1v) is 6.87. The monoisotopic (exact) mass is 283 g/mol. The minimum absolute atomic E-state index is 0.0121. The van der Waals surface area contributed by atoms with Crippen LogP contribution in [0.5, 0.6) is 0 Å². The quantitative estimate of drug-likeness (QED) is 0.859. The van der Waals surface area contributed by atoms with Crippen LogP contribution >= 0.6 is 0 Å². The Kier molecular flexibility index (Phi) is 3.52. The summed E-state index contributed by atoms with van der Waals surface area (Å²) in [5.41, 5.74) is 2.16. The van der Waals surface area contributed by atoms with Gasteiger partial charge in [0.2, 0.25) is 5.91 Å². The first-order chi connectivity index (χ1) is 10.1. The SMILES string of the molecule is O=C1CCCc2cc(C(=O)c3ccccc3F)ccc2N1. The van der Waals surface area contributed by atoms with Crippen LogP contribution in [0.3, 0.4) is 0 Å². The Morgan fingerprint density at radius 3 is 2.71 bits per heavy atom. The fraction of sp³-hybridized carbons (Fsp3) is 0.176. The molecule has 3 rings (SSSR count). The zero-order valence-corrected chi connectivity index (χ0v) is 11.4. The van der Waals surface area contributed by atoms with Gasteiger partial charge in [0.05, 0.1) is 5.56 Å². The van der Waals surface area contributed by atoms with Crippen molar-refractivity contribution in [2.45, 2.75) is 19.3 Å². The summed E-state index contributed by atoms with van der Waals surface area (Å²) in [7, 11) is 0. The lowest BCUT2D eigenvalue weighted by molar-refractivity contribution is -0.116. The molecule has 0 atom stereocenters. The van der Waals surface area contributed by atoms with E-state index in [1.54, 1.807) is 30.3 Å². The van der Waals surface area contributed by atoms with Crippen molar-refractivity contribution in [2.75, 3.05) is 5.32 Å². The average molecular weight is 283 g/mol. The van der Waals surface area contributed by atoms with Crippen LogP contribution in [-0.4, -0.2) is 11.7 Å². The Hall–Kier alpha value is -2.49. The summed E-state index contributed by atoms with van der Waals surface area (Å²) >= 11 is 0. The van der Waals surface area contributed by atoms with Gasteiger partial charge in [0.15, 0.2) is 5.78 Å². The largest absolute Gasteiger partial charge is 0.326 e. The zero-order valence-electron chi connectivity index (χ0n) is 11.4. The number of halogens is 1. The van der Waals surface area contributed by atoms with Crippen LogP contribution in [0, 0.1) is 5.82 Å². The highest BCUT2D eigenvalue weighted by Gasteiger charge is 2.17. The Labute approximate surface area is 121 Å². The fourth-order valence-electron chi connectivity index (χ4n) is 2.52. The van der Waals surface area contributed by atoms with Gasteiger partial charge in [0.1, 0.15) is 5.82 Å². The fourth-order valence-corrected chi connectivity index (χ4v) is 2.52. The van der Waals surface area contributed by atoms with Gasteiger partial charge in [-0.15, -0.1) is 0 Å². The molecule has 2 aromatic carbocycles. The third-order valence-corrected chi connectivity index (χ3v) is 3.61. The van der Waals surface area contributed by atoms with Gasteiger partial charge in [-0.05, 0) is 48.7 Å². The van der Waals surface area contributed by atoms with E-state index in [9.17, 15) is 14.0 Å². The van der Waals surface area contributed by atoms with Crippen LogP contribution < -0.4 is 5.32 Å². The van der Waals surface area contributed by atoms with Crippen molar-refractivity contribution in [2.24, 2.45) is 0 Å². The maximum absolute atomic E-state index is 13.7. The van der Waals surface area contributed by atoms with Crippen molar-refractivity contribution >= 4 is 17.4 Å². The molecule has 0 aliphatic carbocycles. The predicted molar refractivity (Wildman–Crippen MR) is 77.8 cm³/mol. The number of fused-ring (bicyclic) bond motifs is 1. The highest BCUT2D eigenvalue weighted by atomic mass is 19.1. The summed E-state index contributed by atoms with van der Waals surface area (Å²) < 4.78 is 13.7. The molecule has 0 saturated carbocycles. The third-order valence-electron chi connectivity index (χ3n) is 3.61. The molecule has 0 fully saturated rings. The van der Waals surface area contributed by atoms with E-state index >= 15 is 0 Å². The van der Waals surface area contributed by atoms with Crippen LogP contribution in [-0.2, 0) is 11.2 Å². The standard InChI is InChI=1S/C17H14FNO2/c18-14-6-2-1-5-13(14)17(21)12-8-9-15-11(10-12)4-3-7-16(20)19-15/h1-2,5-6,8-10H,3-4,7H2,(H,19,20). The highest BCUT2D eigenvalue weighted by Crippen LogP contribution is 2.24. The molecule has 1 aliphatic rings. The lowest BCUT2D eigenvalue weighted by Gasteiger charge is -2.09. The normalized spacial score (nSPS) is 14.0. The van der Waals surface area contributed by atoms with E-state index in [1.165, 1.54) is 12.1 Å². The number of carbonyl (C=O) groups excluding carboxylic acids is 2. The number of benzene rings is 2.